The summed E-state index contributed by atoms with van der Waals surface area (Å²) in [5.74, 6) is 1.57. The number of imidazole rings is 1. The minimum atomic E-state index is 0.0104. The van der Waals surface area contributed by atoms with Gasteiger partial charge >= 0.3 is 0 Å². The zero-order valence-corrected chi connectivity index (χ0v) is 16.9. The van der Waals surface area contributed by atoms with E-state index < -0.39 is 0 Å². The molecule has 0 fully saturated rings. The number of nitrogens with zero attached hydrogens (tertiary/aromatic N) is 2. The number of nitrogens with one attached hydrogen (secondary N) is 1. The van der Waals surface area contributed by atoms with Gasteiger partial charge in [0.1, 0.15) is 5.75 Å². The maximum absolute atomic E-state index is 12.2. The molecule has 2 heterocycles. The Kier molecular flexibility index (Phi) is 5.64. The molecule has 0 aliphatic carbocycles. The molecule has 0 bridgehead atoms. The second-order valence-electron chi connectivity index (χ2n) is 6.12. The summed E-state index contributed by atoms with van der Waals surface area (Å²) >= 11 is 3.26. The van der Waals surface area contributed by atoms with Gasteiger partial charge in [-0.2, -0.15) is 0 Å². The lowest BCUT2D eigenvalue weighted by Gasteiger charge is -2.06. The van der Waals surface area contributed by atoms with Crippen LogP contribution in [0.4, 0.5) is 5.69 Å². The number of hydrogen-bond donors (Lipinski definition) is 1. The number of ether oxygens (including phenoxy) is 1. The number of thiazole rings is 1. The van der Waals surface area contributed by atoms with Crippen LogP contribution in [0.25, 0.3) is 16.2 Å². The molecule has 0 radical (unpaired) electrons. The molecule has 1 amide bonds. The molecule has 0 saturated heterocycles. The van der Waals surface area contributed by atoms with Crippen molar-refractivity contribution in [1.29, 1.82) is 0 Å². The number of anilines is 1. The van der Waals surface area contributed by atoms with Crippen molar-refractivity contribution in [3.05, 3.63) is 66.3 Å². The van der Waals surface area contributed by atoms with Crippen LogP contribution in [0.2, 0.25) is 0 Å². The highest BCUT2D eigenvalue weighted by molar-refractivity contribution is 7.99. The Morgan fingerprint density at radius 1 is 1.18 bits per heavy atom. The largest absolute Gasteiger partial charge is 0.497 e. The molecular weight excluding hydrogens is 390 g/mol. The summed E-state index contributed by atoms with van der Waals surface area (Å²) in [6.45, 7) is 0. The monoisotopic (exact) mass is 409 g/mol. The SMILES string of the molecule is COc1ccc(SCCC(=O)Nc2ccc(-c3cn4ccsc4n3)cc2)cc1. The average Bonchev–Trinajstić information content (AvgIpc) is 3.31. The van der Waals surface area contributed by atoms with Crippen LogP contribution in [0.15, 0.2) is 71.2 Å². The van der Waals surface area contributed by atoms with Crippen molar-refractivity contribution in [2.45, 2.75) is 11.3 Å². The van der Waals surface area contributed by atoms with Gasteiger partial charge < -0.3 is 10.1 Å². The van der Waals surface area contributed by atoms with Crippen LogP contribution in [-0.4, -0.2) is 28.2 Å². The standard InChI is InChI=1S/C21H19N3O2S2/c1-26-17-6-8-18(9-7-17)27-12-10-20(25)22-16-4-2-15(3-5-16)19-14-24-11-13-28-21(24)23-19/h2-9,11,13-14H,10,12H2,1H3,(H,22,25). The minimum absolute atomic E-state index is 0.0104. The summed E-state index contributed by atoms with van der Waals surface area (Å²) in [5, 5.41) is 4.96. The van der Waals surface area contributed by atoms with E-state index in [0.717, 1.165) is 38.3 Å². The van der Waals surface area contributed by atoms with E-state index >= 15 is 0 Å². The fourth-order valence-electron chi connectivity index (χ4n) is 2.75. The molecule has 7 heteroatoms. The summed E-state index contributed by atoms with van der Waals surface area (Å²) in [6.07, 6.45) is 4.46. The number of thioether (sulfide) groups is 1. The third-order valence-corrected chi connectivity index (χ3v) is 6.00. The third-order valence-electron chi connectivity index (χ3n) is 4.21. The molecule has 28 heavy (non-hydrogen) atoms. The highest BCUT2D eigenvalue weighted by Gasteiger charge is 2.07. The van der Waals surface area contributed by atoms with Gasteiger partial charge in [-0.1, -0.05) is 12.1 Å². The first-order valence-corrected chi connectivity index (χ1v) is 10.7. The fraction of sp³-hybridized carbons (Fsp3) is 0.143. The fourth-order valence-corrected chi connectivity index (χ4v) is 4.30. The van der Waals surface area contributed by atoms with Crippen LogP contribution in [0.1, 0.15) is 6.42 Å². The summed E-state index contributed by atoms with van der Waals surface area (Å²) in [7, 11) is 1.65. The summed E-state index contributed by atoms with van der Waals surface area (Å²) in [6, 6.07) is 15.6. The minimum Gasteiger partial charge on any atom is -0.497 e. The molecule has 0 unspecified atom stereocenters. The lowest BCUT2D eigenvalue weighted by Crippen LogP contribution is -2.12. The first kappa shape index (κ1) is 18.6. The first-order valence-electron chi connectivity index (χ1n) is 8.80. The molecule has 0 aliphatic rings. The summed E-state index contributed by atoms with van der Waals surface area (Å²) in [5.41, 5.74) is 2.76. The van der Waals surface area contributed by atoms with Crippen molar-refractivity contribution in [1.82, 2.24) is 9.38 Å². The summed E-state index contributed by atoms with van der Waals surface area (Å²) in [4.78, 5) is 18.9. The normalized spacial score (nSPS) is 10.9. The van der Waals surface area contributed by atoms with Gasteiger partial charge in [0.25, 0.3) is 0 Å². The van der Waals surface area contributed by atoms with Gasteiger partial charge in [-0.3, -0.25) is 9.20 Å². The van der Waals surface area contributed by atoms with E-state index in [9.17, 15) is 4.79 Å². The number of amides is 1. The molecule has 142 valence electrons. The van der Waals surface area contributed by atoms with E-state index in [4.69, 9.17) is 4.74 Å². The van der Waals surface area contributed by atoms with Gasteiger partial charge in [-0.15, -0.1) is 23.1 Å². The van der Waals surface area contributed by atoms with Gasteiger partial charge in [0, 0.05) is 46.1 Å². The number of carbonyl (C=O) groups is 1. The molecule has 0 atom stereocenters. The quantitative estimate of drug-likeness (QED) is 0.427. The zero-order chi connectivity index (χ0) is 19.3. The Labute approximate surface area is 171 Å². The highest BCUT2D eigenvalue weighted by atomic mass is 32.2. The van der Waals surface area contributed by atoms with E-state index in [0.29, 0.717) is 6.42 Å². The Bertz CT molecular complexity index is 1040. The lowest BCUT2D eigenvalue weighted by molar-refractivity contribution is -0.115. The first-order chi connectivity index (χ1) is 13.7. The van der Waals surface area contributed by atoms with Crippen molar-refractivity contribution < 1.29 is 9.53 Å². The number of hydrogen-bond acceptors (Lipinski definition) is 5. The van der Waals surface area contributed by atoms with Gasteiger partial charge in [0.2, 0.25) is 5.91 Å². The number of carbonyl (C=O) groups excluding carboxylic acids is 1. The van der Waals surface area contributed by atoms with E-state index in [1.54, 1.807) is 30.2 Å². The smallest absolute Gasteiger partial charge is 0.225 e. The molecule has 0 aliphatic heterocycles. The highest BCUT2D eigenvalue weighted by Crippen LogP contribution is 2.24. The number of benzene rings is 2. The van der Waals surface area contributed by atoms with Crippen LogP contribution < -0.4 is 10.1 Å². The average molecular weight is 410 g/mol. The molecule has 4 rings (SSSR count). The van der Waals surface area contributed by atoms with Gasteiger partial charge in [-0.05, 0) is 36.4 Å². The predicted molar refractivity (Wildman–Crippen MR) is 115 cm³/mol. The number of aromatic nitrogens is 2. The second-order valence-corrected chi connectivity index (χ2v) is 8.16. The van der Waals surface area contributed by atoms with Crippen molar-refractivity contribution >= 4 is 39.7 Å². The van der Waals surface area contributed by atoms with E-state index in [1.807, 2.05) is 70.7 Å². The molecule has 4 aromatic rings. The molecule has 5 nitrogen and oxygen atoms in total. The van der Waals surface area contributed by atoms with Crippen LogP contribution >= 0.6 is 23.1 Å². The van der Waals surface area contributed by atoms with Gasteiger partial charge in [0.05, 0.1) is 12.8 Å². The summed E-state index contributed by atoms with van der Waals surface area (Å²) < 4.78 is 7.16. The maximum atomic E-state index is 12.2. The number of fused-ring (bicyclic) bond motifs is 1. The third kappa shape index (κ3) is 4.37. The molecule has 0 saturated carbocycles. The predicted octanol–water partition coefficient (Wildman–Crippen LogP) is 5.19. The van der Waals surface area contributed by atoms with Crippen molar-refractivity contribution in [3.63, 3.8) is 0 Å². The molecule has 2 aromatic heterocycles. The van der Waals surface area contributed by atoms with E-state index in [1.165, 1.54) is 0 Å². The molecular formula is C21H19N3O2S2. The molecule has 2 aromatic carbocycles. The van der Waals surface area contributed by atoms with Crippen molar-refractivity contribution in [3.8, 4) is 17.0 Å². The Balaban J connectivity index is 1.28. The Morgan fingerprint density at radius 3 is 2.68 bits per heavy atom. The second kappa shape index (κ2) is 8.50. The molecule has 0 spiro atoms. The van der Waals surface area contributed by atoms with Crippen molar-refractivity contribution in [2.75, 3.05) is 18.2 Å². The topological polar surface area (TPSA) is 55.6 Å². The Morgan fingerprint density at radius 2 is 1.96 bits per heavy atom. The lowest BCUT2D eigenvalue weighted by atomic mass is 10.1. The Hall–Kier alpha value is -2.77. The van der Waals surface area contributed by atoms with Crippen molar-refractivity contribution in [2.24, 2.45) is 0 Å². The molecule has 1 N–H and O–H groups in total. The number of methoxy groups -OCH3 is 1. The van der Waals surface area contributed by atoms with Crippen LogP contribution in [0.3, 0.4) is 0 Å². The van der Waals surface area contributed by atoms with Crippen LogP contribution in [0, 0.1) is 0 Å². The van der Waals surface area contributed by atoms with Crippen LogP contribution in [-0.2, 0) is 4.79 Å². The van der Waals surface area contributed by atoms with E-state index in [-0.39, 0.29) is 5.91 Å². The number of rotatable bonds is 7. The maximum Gasteiger partial charge on any atom is 0.225 e. The van der Waals surface area contributed by atoms with Crippen LogP contribution in [0.5, 0.6) is 5.75 Å². The van der Waals surface area contributed by atoms with Gasteiger partial charge in [0.15, 0.2) is 4.96 Å². The van der Waals surface area contributed by atoms with E-state index in [2.05, 4.69) is 10.3 Å². The van der Waals surface area contributed by atoms with Gasteiger partial charge in [-0.25, -0.2) is 4.98 Å². The zero-order valence-electron chi connectivity index (χ0n) is 15.3.